The van der Waals surface area contributed by atoms with E-state index in [1.165, 1.54) is 6.20 Å². The number of nitrogens with two attached hydrogens (primary N) is 1. The lowest BCUT2D eigenvalue weighted by Crippen LogP contribution is -2.33. The third-order valence-corrected chi connectivity index (χ3v) is 4.48. The number of carbonyl (C=O) groups is 2. The van der Waals surface area contributed by atoms with Crippen molar-refractivity contribution < 1.29 is 9.59 Å². The van der Waals surface area contributed by atoms with Gasteiger partial charge in [-0.05, 0) is 23.1 Å². The third kappa shape index (κ3) is 6.37. The molecule has 2 amide bonds. The molecule has 4 N–H and O–H groups in total. The van der Waals surface area contributed by atoms with Crippen LogP contribution in [0.5, 0.6) is 0 Å². The van der Waals surface area contributed by atoms with Gasteiger partial charge in [0.15, 0.2) is 5.82 Å². The molecule has 0 aliphatic carbocycles. The van der Waals surface area contributed by atoms with Gasteiger partial charge in [0.1, 0.15) is 11.4 Å². The highest BCUT2D eigenvalue weighted by Gasteiger charge is 2.14. The molecular formula is C24H27N5O2. The van der Waals surface area contributed by atoms with Crippen molar-refractivity contribution in [1.82, 2.24) is 15.3 Å². The van der Waals surface area contributed by atoms with Crippen molar-refractivity contribution in [3.63, 3.8) is 0 Å². The lowest BCUT2D eigenvalue weighted by molar-refractivity contribution is -0.120. The van der Waals surface area contributed by atoms with E-state index >= 15 is 0 Å². The molecule has 0 aliphatic rings. The van der Waals surface area contributed by atoms with Crippen LogP contribution in [0.15, 0.2) is 60.8 Å². The molecule has 31 heavy (non-hydrogen) atoms. The van der Waals surface area contributed by atoms with Crippen LogP contribution in [0.4, 0.5) is 11.5 Å². The van der Waals surface area contributed by atoms with E-state index in [1.54, 1.807) is 0 Å². The molecule has 3 aromatic rings. The lowest BCUT2D eigenvalue weighted by Gasteiger charge is -2.18. The van der Waals surface area contributed by atoms with Gasteiger partial charge in [-0.2, -0.15) is 0 Å². The molecule has 2 aromatic carbocycles. The second-order valence-electron chi connectivity index (χ2n) is 8.52. The van der Waals surface area contributed by atoms with Crippen LogP contribution in [0.3, 0.4) is 0 Å². The average molecular weight is 418 g/mol. The molecule has 0 aliphatic heterocycles. The van der Waals surface area contributed by atoms with Gasteiger partial charge in [0.25, 0.3) is 5.91 Å². The Kier molecular flexibility index (Phi) is 6.65. The first kappa shape index (κ1) is 22.0. The Morgan fingerprint density at radius 1 is 1.00 bits per heavy atom. The fraction of sp³-hybridized carbons (Fsp3) is 0.250. The molecule has 0 spiro atoms. The highest BCUT2D eigenvalue weighted by atomic mass is 16.1. The first-order chi connectivity index (χ1) is 14.7. The summed E-state index contributed by atoms with van der Waals surface area (Å²) < 4.78 is 0. The maximum Gasteiger partial charge on any atom is 0.254 e. The number of amides is 2. The zero-order chi connectivity index (χ0) is 22.4. The van der Waals surface area contributed by atoms with Crippen LogP contribution in [0, 0.1) is 5.41 Å². The van der Waals surface area contributed by atoms with E-state index in [0.717, 1.165) is 16.8 Å². The normalized spacial score (nSPS) is 11.1. The van der Waals surface area contributed by atoms with Gasteiger partial charge < -0.3 is 16.4 Å². The topological polar surface area (TPSA) is 110 Å². The smallest absolute Gasteiger partial charge is 0.254 e. The summed E-state index contributed by atoms with van der Waals surface area (Å²) in [6.07, 6.45) is 1.72. The molecule has 0 saturated heterocycles. The second kappa shape index (κ2) is 9.38. The molecule has 160 valence electrons. The quantitative estimate of drug-likeness (QED) is 0.543. The van der Waals surface area contributed by atoms with Gasteiger partial charge >= 0.3 is 0 Å². The highest BCUT2D eigenvalue weighted by Crippen LogP contribution is 2.23. The minimum Gasteiger partial charge on any atom is -0.365 e. The summed E-state index contributed by atoms with van der Waals surface area (Å²) in [7, 11) is 0. The summed E-state index contributed by atoms with van der Waals surface area (Å²) in [5.74, 6) is 0.182. The van der Waals surface area contributed by atoms with Crippen molar-refractivity contribution in [2.24, 2.45) is 11.1 Å². The minimum absolute atomic E-state index is 0.0186. The summed E-state index contributed by atoms with van der Waals surface area (Å²) in [5, 5.41) is 6.08. The predicted molar refractivity (Wildman–Crippen MR) is 122 cm³/mol. The Labute approximate surface area is 182 Å². The van der Waals surface area contributed by atoms with Crippen LogP contribution in [-0.2, 0) is 11.2 Å². The summed E-state index contributed by atoms with van der Waals surface area (Å²) >= 11 is 0. The van der Waals surface area contributed by atoms with E-state index in [2.05, 4.69) is 41.4 Å². The second-order valence-corrected chi connectivity index (χ2v) is 8.52. The van der Waals surface area contributed by atoms with Crippen LogP contribution in [-0.4, -0.2) is 28.3 Å². The fourth-order valence-corrected chi connectivity index (χ4v) is 2.84. The Morgan fingerprint density at radius 2 is 1.68 bits per heavy atom. The van der Waals surface area contributed by atoms with Gasteiger partial charge in [-0.25, -0.2) is 9.97 Å². The van der Waals surface area contributed by atoms with Crippen molar-refractivity contribution in [1.29, 1.82) is 0 Å². The van der Waals surface area contributed by atoms with Crippen molar-refractivity contribution in [2.75, 3.05) is 11.9 Å². The highest BCUT2D eigenvalue weighted by molar-refractivity contribution is 5.98. The molecule has 1 aromatic heterocycles. The molecule has 1 heterocycles. The molecule has 3 rings (SSSR count). The van der Waals surface area contributed by atoms with Crippen LogP contribution in [0.25, 0.3) is 11.4 Å². The van der Waals surface area contributed by atoms with Gasteiger partial charge in [0.05, 0.1) is 6.42 Å². The largest absolute Gasteiger partial charge is 0.365 e. The van der Waals surface area contributed by atoms with Gasteiger partial charge in [-0.3, -0.25) is 9.59 Å². The number of anilines is 2. The number of benzene rings is 2. The Morgan fingerprint density at radius 3 is 2.29 bits per heavy atom. The molecule has 0 unspecified atom stereocenters. The third-order valence-electron chi connectivity index (χ3n) is 4.48. The Balaban J connectivity index is 1.74. The van der Waals surface area contributed by atoms with E-state index in [4.69, 9.17) is 5.73 Å². The van der Waals surface area contributed by atoms with E-state index in [1.807, 2.05) is 54.6 Å². The SMILES string of the molecule is CC(C)(C)CNC(=O)Cc1ccc(Nc2nc(-c3ccccc3)ncc2C(N)=O)cc1. The number of hydrogen-bond acceptors (Lipinski definition) is 5. The van der Waals surface area contributed by atoms with Crippen molar-refractivity contribution in [3.8, 4) is 11.4 Å². The van der Waals surface area contributed by atoms with E-state index in [-0.39, 0.29) is 16.9 Å². The van der Waals surface area contributed by atoms with Crippen molar-refractivity contribution >= 4 is 23.3 Å². The minimum atomic E-state index is -0.616. The molecule has 7 nitrogen and oxygen atoms in total. The number of aromatic nitrogens is 2. The Bertz CT molecular complexity index is 1060. The van der Waals surface area contributed by atoms with Gasteiger partial charge in [-0.15, -0.1) is 0 Å². The lowest BCUT2D eigenvalue weighted by atomic mass is 9.97. The molecule has 0 atom stereocenters. The molecule has 0 fully saturated rings. The number of carbonyl (C=O) groups excluding carboxylic acids is 2. The maximum absolute atomic E-state index is 12.1. The number of rotatable bonds is 7. The molecule has 0 saturated carbocycles. The first-order valence-electron chi connectivity index (χ1n) is 10.1. The molecule has 0 radical (unpaired) electrons. The van der Waals surface area contributed by atoms with Gasteiger partial charge in [-0.1, -0.05) is 63.2 Å². The molecule has 7 heteroatoms. The summed E-state index contributed by atoms with van der Waals surface area (Å²) in [5.41, 5.74) is 8.17. The van der Waals surface area contributed by atoms with Crippen LogP contribution in [0.2, 0.25) is 0 Å². The maximum atomic E-state index is 12.1. The summed E-state index contributed by atoms with van der Waals surface area (Å²) in [6, 6.07) is 16.9. The van der Waals surface area contributed by atoms with Gasteiger partial charge in [0, 0.05) is 24.0 Å². The van der Waals surface area contributed by atoms with E-state index in [0.29, 0.717) is 24.6 Å². The molecule has 0 bridgehead atoms. The van der Waals surface area contributed by atoms with Crippen LogP contribution in [0.1, 0.15) is 36.7 Å². The summed E-state index contributed by atoms with van der Waals surface area (Å²) in [6.45, 7) is 6.85. The summed E-state index contributed by atoms with van der Waals surface area (Å²) in [4.78, 5) is 32.7. The van der Waals surface area contributed by atoms with Crippen LogP contribution < -0.4 is 16.4 Å². The number of nitrogens with zero attached hydrogens (tertiary/aromatic N) is 2. The Hall–Kier alpha value is -3.74. The fourth-order valence-electron chi connectivity index (χ4n) is 2.84. The monoisotopic (exact) mass is 417 g/mol. The standard InChI is InChI=1S/C24H27N5O2/c1-24(2,3)15-27-20(30)13-16-9-11-18(12-10-16)28-23-19(21(25)31)14-26-22(29-23)17-7-5-4-6-8-17/h4-12,14H,13,15H2,1-3H3,(H2,25,31)(H,27,30)(H,26,28,29). The zero-order valence-electron chi connectivity index (χ0n) is 18.0. The predicted octanol–water partition coefficient (Wildman–Crippen LogP) is 3.69. The number of primary amides is 1. The first-order valence-corrected chi connectivity index (χ1v) is 10.1. The number of hydrogen-bond donors (Lipinski definition) is 3. The van der Waals surface area contributed by atoms with Gasteiger partial charge in [0.2, 0.25) is 5.91 Å². The number of nitrogens with one attached hydrogen (secondary N) is 2. The van der Waals surface area contributed by atoms with Crippen molar-refractivity contribution in [2.45, 2.75) is 27.2 Å². The molecular weight excluding hydrogens is 390 g/mol. The van der Waals surface area contributed by atoms with E-state index < -0.39 is 5.91 Å². The zero-order valence-corrected chi connectivity index (χ0v) is 18.0. The van der Waals surface area contributed by atoms with Crippen LogP contribution >= 0.6 is 0 Å². The average Bonchev–Trinajstić information content (AvgIpc) is 2.73. The van der Waals surface area contributed by atoms with Crippen molar-refractivity contribution in [3.05, 3.63) is 71.9 Å². The van der Waals surface area contributed by atoms with E-state index in [9.17, 15) is 9.59 Å².